The van der Waals surface area contributed by atoms with Crippen molar-refractivity contribution in [3.05, 3.63) is 29.3 Å². The number of nitrogens with zero attached hydrogens (tertiary/aromatic N) is 2. The highest BCUT2D eigenvalue weighted by molar-refractivity contribution is 5.90. The molecule has 0 saturated carbocycles. The van der Waals surface area contributed by atoms with Gasteiger partial charge < -0.3 is 20.2 Å². The molecule has 5 nitrogen and oxygen atoms in total. The summed E-state index contributed by atoms with van der Waals surface area (Å²) in [6, 6.07) is 1.82. The molecule has 0 spiro atoms. The number of hydrogen-bond acceptors (Lipinski definition) is 5. The molecule has 21 heavy (non-hydrogen) atoms. The van der Waals surface area contributed by atoms with Crippen LogP contribution in [-0.2, 0) is 4.84 Å². The largest absolute Gasteiger partial charge is 0.494 e. The van der Waals surface area contributed by atoms with E-state index in [0.29, 0.717) is 32.1 Å². The third-order valence-corrected chi connectivity index (χ3v) is 3.82. The Hall–Kier alpha value is -1.89. The SMILES string of the molecule is CCOc1cc(F)c([C@@H]2CN3CCON=C3[C@H]2N)c(F)c1. The van der Waals surface area contributed by atoms with Gasteiger partial charge in [-0.3, -0.25) is 0 Å². The van der Waals surface area contributed by atoms with Crippen molar-refractivity contribution in [1.82, 2.24) is 4.90 Å². The van der Waals surface area contributed by atoms with Crippen LogP contribution in [0.3, 0.4) is 0 Å². The van der Waals surface area contributed by atoms with Crippen molar-refractivity contribution in [1.29, 1.82) is 0 Å². The average Bonchev–Trinajstić information content (AvgIpc) is 2.76. The first-order valence-electron chi connectivity index (χ1n) is 6.94. The van der Waals surface area contributed by atoms with Gasteiger partial charge in [0.15, 0.2) is 5.84 Å². The molecule has 0 radical (unpaired) electrons. The Kier molecular flexibility index (Phi) is 3.67. The van der Waals surface area contributed by atoms with Gasteiger partial charge in [-0.25, -0.2) is 8.78 Å². The van der Waals surface area contributed by atoms with E-state index in [9.17, 15) is 8.78 Å². The lowest BCUT2D eigenvalue weighted by Gasteiger charge is -2.22. The van der Waals surface area contributed by atoms with E-state index in [-0.39, 0.29) is 11.3 Å². The fraction of sp³-hybridized carbons (Fsp3) is 0.500. The molecule has 0 unspecified atom stereocenters. The van der Waals surface area contributed by atoms with E-state index in [1.807, 2.05) is 4.90 Å². The second-order valence-corrected chi connectivity index (χ2v) is 5.09. The molecule has 1 aromatic carbocycles. The van der Waals surface area contributed by atoms with Crippen LogP contribution in [0, 0.1) is 11.6 Å². The van der Waals surface area contributed by atoms with Gasteiger partial charge in [0.25, 0.3) is 0 Å². The molecule has 114 valence electrons. The summed E-state index contributed by atoms with van der Waals surface area (Å²) in [5, 5.41) is 3.90. The highest BCUT2D eigenvalue weighted by Crippen LogP contribution is 2.34. The van der Waals surface area contributed by atoms with Crippen molar-refractivity contribution < 1.29 is 18.4 Å². The van der Waals surface area contributed by atoms with Crippen molar-refractivity contribution in [2.45, 2.75) is 18.9 Å². The van der Waals surface area contributed by atoms with E-state index in [1.54, 1.807) is 6.92 Å². The summed E-state index contributed by atoms with van der Waals surface area (Å²) in [5.41, 5.74) is 6.07. The number of fused-ring (bicyclic) bond motifs is 1. The Morgan fingerprint density at radius 1 is 1.43 bits per heavy atom. The van der Waals surface area contributed by atoms with Crippen LogP contribution in [0.15, 0.2) is 17.3 Å². The molecule has 2 heterocycles. The summed E-state index contributed by atoms with van der Waals surface area (Å²) in [5.74, 6) is -1.03. The number of rotatable bonds is 3. The lowest BCUT2D eigenvalue weighted by atomic mass is 9.93. The van der Waals surface area contributed by atoms with Gasteiger partial charge in [-0.15, -0.1) is 0 Å². The minimum absolute atomic E-state index is 0.0111. The monoisotopic (exact) mass is 297 g/mol. The van der Waals surface area contributed by atoms with E-state index >= 15 is 0 Å². The maximum atomic E-state index is 14.3. The first kappa shape index (κ1) is 14.1. The zero-order chi connectivity index (χ0) is 15.0. The molecule has 2 N–H and O–H groups in total. The number of nitrogens with two attached hydrogens (primary N) is 1. The summed E-state index contributed by atoms with van der Waals surface area (Å²) >= 11 is 0. The second-order valence-electron chi connectivity index (χ2n) is 5.09. The first-order chi connectivity index (χ1) is 10.1. The number of benzene rings is 1. The van der Waals surface area contributed by atoms with Crippen LogP contribution < -0.4 is 10.5 Å². The summed E-state index contributed by atoms with van der Waals surface area (Å²) in [4.78, 5) is 6.92. The molecule has 2 atom stereocenters. The van der Waals surface area contributed by atoms with Crippen molar-refractivity contribution in [3.63, 3.8) is 0 Å². The fourth-order valence-corrected chi connectivity index (χ4v) is 2.86. The van der Waals surface area contributed by atoms with E-state index in [1.165, 1.54) is 12.1 Å². The summed E-state index contributed by atoms with van der Waals surface area (Å²) in [7, 11) is 0. The predicted octanol–water partition coefficient (Wildman–Crippen LogP) is 1.43. The molecule has 7 heteroatoms. The quantitative estimate of drug-likeness (QED) is 0.917. The maximum Gasteiger partial charge on any atom is 0.162 e. The fourth-order valence-electron chi connectivity index (χ4n) is 2.86. The zero-order valence-electron chi connectivity index (χ0n) is 11.7. The van der Waals surface area contributed by atoms with Gasteiger partial charge in [0.2, 0.25) is 0 Å². The average molecular weight is 297 g/mol. The van der Waals surface area contributed by atoms with Gasteiger partial charge in [-0.1, -0.05) is 5.16 Å². The smallest absolute Gasteiger partial charge is 0.162 e. The van der Waals surface area contributed by atoms with Gasteiger partial charge >= 0.3 is 0 Å². The minimum Gasteiger partial charge on any atom is -0.494 e. The van der Waals surface area contributed by atoms with Crippen molar-refractivity contribution in [2.75, 3.05) is 26.3 Å². The topological polar surface area (TPSA) is 60.1 Å². The summed E-state index contributed by atoms with van der Waals surface area (Å²) < 4.78 is 33.7. The van der Waals surface area contributed by atoms with Crippen molar-refractivity contribution in [3.8, 4) is 5.75 Å². The molecule has 1 fully saturated rings. The zero-order valence-corrected chi connectivity index (χ0v) is 11.7. The Morgan fingerprint density at radius 3 is 2.76 bits per heavy atom. The molecular weight excluding hydrogens is 280 g/mol. The summed E-state index contributed by atoms with van der Waals surface area (Å²) in [6.45, 7) is 3.63. The van der Waals surface area contributed by atoms with Crippen LogP contribution in [0.25, 0.3) is 0 Å². The Bertz CT molecular complexity index is 556. The number of halogens is 2. The Labute approximate surface area is 121 Å². The standard InChI is InChI=1S/C14H17F2N3O2/c1-2-20-8-5-10(15)12(11(16)6-8)9-7-19-3-4-21-18-14(19)13(9)17/h5-6,9,13H,2-4,7,17H2,1H3/t9-,13-/m0/s1. The maximum absolute atomic E-state index is 14.3. The molecule has 0 amide bonds. The third-order valence-electron chi connectivity index (χ3n) is 3.82. The molecule has 1 saturated heterocycles. The second kappa shape index (κ2) is 5.48. The van der Waals surface area contributed by atoms with Gasteiger partial charge in [0, 0.05) is 30.2 Å². The third kappa shape index (κ3) is 2.42. The van der Waals surface area contributed by atoms with Gasteiger partial charge in [-0.2, -0.15) is 0 Å². The lowest BCUT2D eigenvalue weighted by molar-refractivity contribution is 0.106. The van der Waals surface area contributed by atoms with Gasteiger partial charge in [0.05, 0.1) is 19.2 Å². The molecule has 3 rings (SSSR count). The predicted molar refractivity (Wildman–Crippen MR) is 73.2 cm³/mol. The van der Waals surface area contributed by atoms with Crippen LogP contribution in [0.1, 0.15) is 18.4 Å². The van der Waals surface area contributed by atoms with E-state index in [0.717, 1.165) is 0 Å². The van der Waals surface area contributed by atoms with Crippen molar-refractivity contribution in [2.24, 2.45) is 10.9 Å². The Balaban J connectivity index is 1.94. The number of oxime groups is 1. The van der Waals surface area contributed by atoms with Crippen LogP contribution in [-0.4, -0.2) is 43.1 Å². The van der Waals surface area contributed by atoms with Gasteiger partial charge in [-0.05, 0) is 6.92 Å². The van der Waals surface area contributed by atoms with E-state index in [4.69, 9.17) is 15.3 Å². The molecular formula is C14H17F2N3O2. The number of ether oxygens (including phenoxy) is 1. The molecule has 0 bridgehead atoms. The highest BCUT2D eigenvalue weighted by atomic mass is 19.1. The van der Waals surface area contributed by atoms with E-state index in [2.05, 4.69) is 5.16 Å². The minimum atomic E-state index is -0.639. The normalized spacial score (nSPS) is 24.4. The molecule has 0 aliphatic carbocycles. The molecule has 2 aliphatic heterocycles. The van der Waals surface area contributed by atoms with Crippen LogP contribution in [0.4, 0.5) is 8.78 Å². The molecule has 2 aliphatic rings. The highest BCUT2D eigenvalue weighted by Gasteiger charge is 2.41. The number of hydrogen-bond donors (Lipinski definition) is 1. The van der Waals surface area contributed by atoms with Gasteiger partial charge in [0.1, 0.15) is 24.0 Å². The van der Waals surface area contributed by atoms with Crippen LogP contribution in [0.2, 0.25) is 0 Å². The lowest BCUT2D eigenvalue weighted by Crippen LogP contribution is -2.39. The molecule has 0 aromatic heterocycles. The van der Waals surface area contributed by atoms with Crippen LogP contribution in [0.5, 0.6) is 5.75 Å². The van der Waals surface area contributed by atoms with Crippen LogP contribution >= 0.6 is 0 Å². The van der Waals surface area contributed by atoms with Crippen molar-refractivity contribution >= 4 is 5.84 Å². The first-order valence-corrected chi connectivity index (χ1v) is 6.94. The summed E-state index contributed by atoms with van der Waals surface area (Å²) in [6.07, 6.45) is 0. The molecule has 1 aromatic rings. The number of amidine groups is 1. The van der Waals surface area contributed by atoms with E-state index < -0.39 is 23.6 Å². The Morgan fingerprint density at radius 2 is 2.14 bits per heavy atom.